The van der Waals surface area contributed by atoms with E-state index in [4.69, 9.17) is 4.98 Å². The van der Waals surface area contributed by atoms with Crippen LogP contribution in [0.2, 0.25) is 0 Å². The number of benzene rings is 1. The van der Waals surface area contributed by atoms with E-state index in [2.05, 4.69) is 44.8 Å². The highest BCUT2D eigenvalue weighted by atomic mass is 79.9. The van der Waals surface area contributed by atoms with E-state index in [-0.39, 0.29) is 0 Å². The number of nitrogens with one attached hydrogen (secondary N) is 1. The van der Waals surface area contributed by atoms with Gasteiger partial charge in [0, 0.05) is 27.9 Å². The van der Waals surface area contributed by atoms with Crippen LogP contribution in [0, 0.1) is 0 Å². The van der Waals surface area contributed by atoms with Crippen molar-refractivity contribution in [3.63, 3.8) is 0 Å². The van der Waals surface area contributed by atoms with Crippen LogP contribution in [0.15, 0.2) is 34.1 Å². The molecule has 2 aromatic rings. The van der Waals surface area contributed by atoms with E-state index in [0.717, 1.165) is 23.1 Å². The number of rotatable bonds is 3. The Balaban J connectivity index is 1.79. The smallest absolute Gasteiger partial charge is 0.0948 e. The lowest BCUT2D eigenvalue weighted by Crippen LogP contribution is -2.23. The van der Waals surface area contributed by atoms with E-state index >= 15 is 0 Å². The molecule has 0 bridgehead atoms. The predicted molar refractivity (Wildman–Crippen MR) is 80.0 cm³/mol. The van der Waals surface area contributed by atoms with Crippen molar-refractivity contribution in [3.05, 3.63) is 39.1 Å². The third-order valence-corrected chi connectivity index (χ3v) is 4.85. The predicted octanol–water partition coefficient (Wildman–Crippen LogP) is 3.87. The molecule has 4 heteroatoms. The minimum absolute atomic E-state index is 0.628. The largest absolute Gasteiger partial charge is 0.314 e. The Hall–Kier alpha value is -0.710. The lowest BCUT2D eigenvalue weighted by atomic mass is 10.1. The summed E-state index contributed by atoms with van der Waals surface area (Å²) in [5.41, 5.74) is 2.26. The van der Waals surface area contributed by atoms with Crippen LogP contribution in [-0.2, 0) is 6.42 Å². The first-order valence-electron chi connectivity index (χ1n) is 6.25. The second-order valence-corrected chi connectivity index (χ2v) is 6.40. The minimum Gasteiger partial charge on any atom is -0.314 e. The van der Waals surface area contributed by atoms with Crippen molar-refractivity contribution in [2.24, 2.45) is 0 Å². The molecule has 0 radical (unpaired) electrons. The fourth-order valence-corrected chi connectivity index (χ4v) is 3.70. The Morgan fingerprint density at radius 1 is 1.39 bits per heavy atom. The highest BCUT2D eigenvalue weighted by Gasteiger charge is 2.16. The van der Waals surface area contributed by atoms with Gasteiger partial charge in [-0.3, -0.25) is 0 Å². The topological polar surface area (TPSA) is 24.9 Å². The monoisotopic (exact) mass is 322 g/mol. The molecule has 94 valence electrons. The summed E-state index contributed by atoms with van der Waals surface area (Å²) in [6.45, 7) is 1.16. The van der Waals surface area contributed by atoms with Gasteiger partial charge in [-0.05, 0) is 25.5 Å². The van der Waals surface area contributed by atoms with Crippen LogP contribution in [-0.4, -0.2) is 17.6 Å². The number of aromatic nitrogens is 1. The van der Waals surface area contributed by atoms with Gasteiger partial charge in [-0.2, -0.15) is 0 Å². The van der Waals surface area contributed by atoms with E-state index in [9.17, 15) is 0 Å². The molecule has 0 spiro atoms. The first kappa shape index (κ1) is 12.3. The van der Waals surface area contributed by atoms with Crippen molar-refractivity contribution in [3.8, 4) is 11.3 Å². The van der Waals surface area contributed by atoms with Crippen LogP contribution >= 0.6 is 27.3 Å². The molecule has 1 aromatic heterocycles. The van der Waals surface area contributed by atoms with Crippen molar-refractivity contribution in [2.75, 3.05) is 6.54 Å². The maximum atomic E-state index is 4.75. The van der Waals surface area contributed by atoms with E-state index in [1.807, 2.05) is 6.07 Å². The zero-order chi connectivity index (χ0) is 12.4. The summed E-state index contributed by atoms with van der Waals surface area (Å²) >= 11 is 5.35. The fraction of sp³-hybridized carbons (Fsp3) is 0.357. The molecule has 2 heterocycles. The molecule has 1 unspecified atom stereocenters. The highest BCUT2D eigenvalue weighted by molar-refractivity contribution is 9.10. The van der Waals surface area contributed by atoms with Crippen LogP contribution in [0.3, 0.4) is 0 Å². The Bertz CT molecular complexity index is 532. The summed E-state index contributed by atoms with van der Waals surface area (Å²) in [6.07, 6.45) is 3.65. The molecule has 1 aliphatic heterocycles. The van der Waals surface area contributed by atoms with Crippen molar-refractivity contribution in [2.45, 2.75) is 25.3 Å². The molecule has 1 aromatic carbocycles. The molecular formula is C14H15BrN2S. The van der Waals surface area contributed by atoms with Crippen LogP contribution in [0.4, 0.5) is 0 Å². The van der Waals surface area contributed by atoms with Gasteiger partial charge >= 0.3 is 0 Å². The van der Waals surface area contributed by atoms with Gasteiger partial charge in [0.1, 0.15) is 0 Å². The molecule has 0 aliphatic carbocycles. The Kier molecular flexibility index (Phi) is 3.77. The standard InChI is InChI=1S/C14H15BrN2S/c15-12-6-2-1-5-11(12)13-9-18-14(17-13)8-10-4-3-7-16-10/h1-2,5-6,9-10,16H,3-4,7-8H2. The number of nitrogens with zero attached hydrogens (tertiary/aromatic N) is 1. The maximum Gasteiger partial charge on any atom is 0.0948 e. The van der Waals surface area contributed by atoms with Gasteiger partial charge in [0.25, 0.3) is 0 Å². The van der Waals surface area contributed by atoms with E-state index in [1.54, 1.807) is 11.3 Å². The molecule has 1 fully saturated rings. The lowest BCUT2D eigenvalue weighted by molar-refractivity contribution is 0.601. The number of hydrogen-bond donors (Lipinski definition) is 1. The third-order valence-electron chi connectivity index (χ3n) is 3.28. The molecule has 1 atom stereocenters. The molecule has 1 N–H and O–H groups in total. The summed E-state index contributed by atoms with van der Waals surface area (Å²) < 4.78 is 1.11. The van der Waals surface area contributed by atoms with Gasteiger partial charge in [0.2, 0.25) is 0 Å². The van der Waals surface area contributed by atoms with Gasteiger partial charge < -0.3 is 5.32 Å². The molecule has 0 saturated carbocycles. The molecule has 3 rings (SSSR count). The Labute approximate surface area is 120 Å². The van der Waals surface area contributed by atoms with Crippen LogP contribution < -0.4 is 5.32 Å². The van der Waals surface area contributed by atoms with Crippen molar-refractivity contribution < 1.29 is 0 Å². The Morgan fingerprint density at radius 2 is 2.28 bits per heavy atom. The van der Waals surface area contributed by atoms with Gasteiger partial charge in [0.15, 0.2) is 0 Å². The van der Waals surface area contributed by atoms with Crippen molar-refractivity contribution in [1.82, 2.24) is 10.3 Å². The van der Waals surface area contributed by atoms with Gasteiger partial charge in [-0.25, -0.2) is 4.98 Å². The van der Waals surface area contributed by atoms with Gasteiger partial charge in [-0.1, -0.05) is 34.1 Å². The third kappa shape index (κ3) is 2.66. The fourth-order valence-electron chi connectivity index (χ4n) is 2.34. The van der Waals surface area contributed by atoms with E-state index in [0.29, 0.717) is 6.04 Å². The zero-order valence-corrected chi connectivity index (χ0v) is 12.4. The molecule has 18 heavy (non-hydrogen) atoms. The second kappa shape index (κ2) is 5.51. The summed E-state index contributed by atoms with van der Waals surface area (Å²) in [5.74, 6) is 0. The maximum absolute atomic E-state index is 4.75. The van der Waals surface area contributed by atoms with Crippen LogP contribution in [0.25, 0.3) is 11.3 Å². The van der Waals surface area contributed by atoms with Crippen molar-refractivity contribution in [1.29, 1.82) is 0 Å². The highest BCUT2D eigenvalue weighted by Crippen LogP contribution is 2.29. The number of thiazole rings is 1. The van der Waals surface area contributed by atoms with Crippen molar-refractivity contribution >= 4 is 27.3 Å². The van der Waals surface area contributed by atoms with E-state index < -0.39 is 0 Å². The first-order valence-corrected chi connectivity index (χ1v) is 7.93. The molecular weight excluding hydrogens is 308 g/mol. The molecule has 2 nitrogen and oxygen atoms in total. The minimum atomic E-state index is 0.628. The Morgan fingerprint density at radius 3 is 3.06 bits per heavy atom. The molecule has 1 saturated heterocycles. The molecule has 1 aliphatic rings. The summed E-state index contributed by atoms with van der Waals surface area (Å²) in [6, 6.07) is 8.88. The lowest BCUT2D eigenvalue weighted by Gasteiger charge is -2.06. The van der Waals surface area contributed by atoms with E-state index in [1.165, 1.54) is 23.4 Å². The molecule has 0 amide bonds. The number of halogens is 1. The first-order chi connectivity index (χ1) is 8.83. The quantitative estimate of drug-likeness (QED) is 0.927. The van der Waals surface area contributed by atoms with Crippen LogP contribution in [0.5, 0.6) is 0 Å². The zero-order valence-electron chi connectivity index (χ0n) is 10.0. The SMILES string of the molecule is Brc1ccccc1-c1csc(CC2CCCN2)n1. The second-order valence-electron chi connectivity index (χ2n) is 4.60. The van der Waals surface area contributed by atoms with Gasteiger partial charge in [-0.15, -0.1) is 11.3 Å². The summed E-state index contributed by atoms with van der Waals surface area (Å²) in [5, 5.41) is 6.92. The summed E-state index contributed by atoms with van der Waals surface area (Å²) in [7, 11) is 0. The summed E-state index contributed by atoms with van der Waals surface area (Å²) in [4.78, 5) is 4.75. The average molecular weight is 323 g/mol. The average Bonchev–Trinajstić information content (AvgIpc) is 3.02. The number of hydrogen-bond acceptors (Lipinski definition) is 3. The normalized spacial score (nSPS) is 19.3. The van der Waals surface area contributed by atoms with Gasteiger partial charge in [0.05, 0.1) is 10.7 Å². The van der Waals surface area contributed by atoms with Crippen LogP contribution in [0.1, 0.15) is 17.8 Å².